The van der Waals surface area contributed by atoms with Gasteiger partial charge in [0.2, 0.25) is 0 Å². The molecule has 140 valence electrons. The van der Waals surface area contributed by atoms with Crippen LogP contribution in [0.1, 0.15) is 25.0 Å². The number of nitrogens with zero attached hydrogens (tertiary/aromatic N) is 1. The van der Waals surface area contributed by atoms with E-state index >= 15 is 0 Å². The van der Waals surface area contributed by atoms with Crippen LogP contribution in [-0.4, -0.2) is 19.4 Å². The highest BCUT2D eigenvalue weighted by atomic mass is 79.9. The normalized spacial score (nSPS) is 11.6. The van der Waals surface area contributed by atoms with Gasteiger partial charge in [-0.3, -0.25) is 5.43 Å². The third kappa shape index (κ3) is 5.39. The summed E-state index contributed by atoms with van der Waals surface area (Å²) in [6, 6.07) is 8.36. The summed E-state index contributed by atoms with van der Waals surface area (Å²) in [6.45, 7) is 4.69. The molecule has 2 aromatic rings. The molecule has 4 nitrogen and oxygen atoms in total. The van der Waals surface area contributed by atoms with Crippen LogP contribution < -0.4 is 14.9 Å². The third-order valence-corrected chi connectivity index (χ3v) is 3.81. The second-order valence-corrected chi connectivity index (χ2v) is 6.00. The van der Waals surface area contributed by atoms with Crippen LogP contribution in [0, 0.1) is 0 Å². The van der Waals surface area contributed by atoms with Crippen molar-refractivity contribution in [1.29, 1.82) is 0 Å². The molecule has 0 amide bonds. The van der Waals surface area contributed by atoms with E-state index in [9.17, 15) is 13.2 Å². The van der Waals surface area contributed by atoms with Crippen LogP contribution >= 0.6 is 15.9 Å². The zero-order chi connectivity index (χ0) is 19.2. The Kier molecular flexibility index (Phi) is 6.90. The monoisotopic (exact) mass is 430 g/mol. The van der Waals surface area contributed by atoms with Gasteiger partial charge in [0.1, 0.15) is 0 Å². The summed E-state index contributed by atoms with van der Waals surface area (Å²) in [7, 11) is 0. The molecule has 0 atom stereocenters. The predicted molar refractivity (Wildman–Crippen MR) is 99.1 cm³/mol. The smallest absolute Gasteiger partial charge is 0.416 e. The Labute approximate surface area is 158 Å². The molecule has 2 rings (SSSR count). The number of rotatable bonds is 7. The molecule has 0 unspecified atom stereocenters. The van der Waals surface area contributed by atoms with E-state index in [1.54, 1.807) is 12.1 Å². The van der Waals surface area contributed by atoms with E-state index in [0.717, 1.165) is 12.1 Å². The highest BCUT2D eigenvalue weighted by Gasteiger charge is 2.30. The standard InChI is InChI=1S/C18H18BrF3N2O2/c1-3-25-16-9-12(8-15(19)17(16)26-4-2)11-23-24-14-7-5-6-13(10-14)18(20,21)22/h5-11,24H,3-4H2,1-2H3. The van der Waals surface area contributed by atoms with E-state index in [1.807, 2.05) is 13.8 Å². The molecule has 0 spiro atoms. The molecule has 0 radical (unpaired) electrons. The van der Waals surface area contributed by atoms with Crippen molar-refractivity contribution in [1.82, 2.24) is 0 Å². The Bertz CT molecular complexity index is 780. The van der Waals surface area contributed by atoms with Gasteiger partial charge in [0.15, 0.2) is 11.5 Å². The Morgan fingerprint density at radius 3 is 2.50 bits per heavy atom. The first kappa shape index (κ1) is 20.1. The summed E-state index contributed by atoms with van der Waals surface area (Å²) >= 11 is 3.43. The zero-order valence-corrected chi connectivity index (χ0v) is 15.8. The third-order valence-electron chi connectivity index (χ3n) is 3.22. The molecule has 8 heteroatoms. The molecule has 0 bridgehead atoms. The van der Waals surface area contributed by atoms with E-state index < -0.39 is 11.7 Å². The maximum absolute atomic E-state index is 12.7. The quantitative estimate of drug-likeness (QED) is 0.451. The van der Waals surface area contributed by atoms with E-state index in [-0.39, 0.29) is 5.69 Å². The number of hydrogen-bond acceptors (Lipinski definition) is 4. The molecule has 0 aliphatic carbocycles. The fourth-order valence-electron chi connectivity index (χ4n) is 2.16. The van der Waals surface area contributed by atoms with E-state index in [2.05, 4.69) is 26.5 Å². The van der Waals surface area contributed by atoms with Gasteiger partial charge in [-0.15, -0.1) is 0 Å². The number of benzene rings is 2. The molecule has 1 N–H and O–H groups in total. The topological polar surface area (TPSA) is 42.8 Å². The number of hydrazone groups is 1. The molecule has 0 aromatic heterocycles. The lowest BCUT2D eigenvalue weighted by atomic mass is 10.2. The highest BCUT2D eigenvalue weighted by Crippen LogP contribution is 2.36. The van der Waals surface area contributed by atoms with Gasteiger partial charge in [-0.25, -0.2) is 0 Å². The summed E-state index contributed by atoms with van der Waals surface area (Å²) in [6.07, 6.45) is -2.91. The van der Waals surface area contributed by atoms with Crippen molar-refractivity contribution in [3.8, 4) is 11.5 Å². The lowest BCUT2D eigenvalue weighted by molar-refractivity contribution is -0.137. The summed E-state index contributed by atoms with van der Waals surface area (Å²) < 4.78 is 50.0. The summed E-state index contributed by atoms with van der Waals surface area (Å²) in [5, 5.41) is 3.99. The van der Waals surface area contributed by atoms with Crippen LogP contribution in [-0.2, 0) is 6.18 Å². The lowest BCUT2D eigenvalue weighted by Gasteiger charge is -2.13. The minimum absolute atomic E-state index is 0.242. The van der Waals surface area contributed by atoms with Gasteiger partial charge in [-0.2, -0.15) is 18.3 Å². The molecule has 2 aromatic carbocycles. The number of hydrogen-bond donors (Lipinski definition) is 1. The second kappa shape index (κ2) is 8.93. The SMILES string of the molecule is CCOc1cc(C=NNc2cccc(C(F)(F)F)c2)cc(Br)c1OCC. The van der Waals surface area contributed by atoms with Gasteiger partial charge in [0.05, 0.1) is 35.2 Å². The van der Waals surface area contributed by atoms with Crippen molar-refractivity contribution < 1.29 is 22.6 Å². The summed E-state index contributed by atoms with van der Waals surface area (Å²) in [4.78, 5) is 0. The molecule has 0 saturated heterocycles. The van der Waals surface area contributed by atoms with Gasteiger partial charge in [-0.05, 0) is 65.7 Å². The first-order chi connectivity index (χ1) is 12.3. The first-order valence-electron chi connectivity index (χ1n) is 7.90. The minimum Gasteiger partial charge on any atom is -0.490 e. The second-order valence-electron chi connectivity index (χ2n) is 5.14. The van der Waals surface area contributed by atoms with Crippen LogP contribution in [0.15, 0.2) is 46.0 Å². The Morgan fingerprint density at radius 2 is 1.85 bits per heavy atom. The van der Waals surface area contributed by atoms with Gasteiger partial charge in [-0.1, -0.05) is 6.07 Å². The van der Waals surface area contributed by atoms with Crippen LogP contribution in [0.5, 0.6) is 11.5 Å². The molecule has 0 heterocycles. The number of anilines is 1. The zero-order valence-electron chi connectivity index (χ0n) is 14.2. The van der Waals surface area contributed by atoms with Crippen molar-refractivity contribution in [3.05, 3.63) is 52.0 Å². The molecule has 0 saturated carbocycles. The molecule has 26 heavy (non-hydrogen) atoms. The van der Waals surface area contributed by atoms with E-state index in [0.29, 0.717) is 34.7 Å². The number of ether oxygens (including phenoxy) is 2. The van der Waals surface area contributed by atoms with Gasteiger partial charge in [0.25, 0.3) is 0 Å². The minimum atomic E-state index is -4.40. The Morgan fingerprint density at radius 1 is 1.12 bits per heavy atom. The van der Waals surface area contributed by atoms with Crippen molar-refractivity contribution >= 4 is 27.8 Å². The van der Waals surface area contributed by atoms with Crippen LogP contribution in [0.25, 0.3) is 0 Å². The van der Waals surface area contributed by atoms with Gasteiger partial charge < -0.3 is 9.47 Å². The fourth-order valence-corrected chi connectivity index (χ4v) is 2.73. The Hall–Kier alpha value is -2.22. The Balaban J connectivity index is 2.18. The maximum atomic E-state index is 12.7. The molecular weight excluding hydrogens is 413 g/mol. The van der Waals surface area contributed by atoms with Crippen LogP contribution in [0.2, 0.25) is 0 Å². The lowest BCUT2D eigenvalue weighted by Crippen LogP contribution is -2.05. The van der Waals surface area contributed by atoms with Crippen molar-refractivity contribution in [2.24, 2.45) is 5.10 Å². The number of halogens is 4. The molecular formula is C18H18BrF3N2O2. The fraction of sp³-hybridized carbons (Fsp3) is 0.278. The van der Waals surface area contributed by atoms with E-state index in [1.165, 1.54) is 18.3 Å². The van der Waals surface area contributed by atoms with Crippen molar-refractivity contribution in [3.63, 3.8) is 0 Å². The van der Waals surface area contributed by atoms with Crippen molar-refractivity contribution in [2.75, 3.05) is 18.6 Å². The largest absolute Gasteiger partial charge is 0.490 e. The van der Waals surface area contributed by atoms with E-state index in [4.69, 9.17) is 9.47 Å². The molecule has 0 fully saturated rings. The summed E-state index contributed by atoms with van der Waals surface area (Å²) in [5.41, 5.74) is 2.80. The number of alkyl halides is 3. The first-order valence-corrected chi connectivity index (χ1v) is 8.70. The van der Waals surface area contributed by atoms with Crippen LogP contribution in [0.3, 0.4) is 0 Å². The highest BCUT2D eigenvalue weighted by molar-refractivity contribution is 9.10. The van der Waals surface area contributed by atoms with Gasteiger partial charge >= 0.3 is 6.18 Å². The average Bonchev–Trinajstić information content (AvgIpc) is 2.58. The number of nitrogens with one attached hydrogen (secondary N) is 1. The maximum Gasteiger partial charge on any atom is 0.416 e. The van der Waals surface area contributed by atoms with Crippen LogP contribution in [0.4, 0.5) is 18.9 Å². The molecule has 0 aliphatic rings. The van der Waals surface area contributed by atoms with Gasteiger partial charge in [0, 0.05) is 0 Å². The molecule has 0 aliphatic heterocycles. The average molecular weight is 431 g/mol. The summed E-state index contributed by atoms with van der Waals surface area (Å²) in [5.74, 6) is 1.15. The van der Waals surface area contributed by atoms with Crippen molar-refractivity contribution in [2.45, 2.75) is 20.0 Å². The predicted octanol–water partition coefficient (Wildman–Crippen LogP) is 5.71.